The summed E-state index contributed by atoms with van der Waals surface area (Å²) in [6, 6.07) is 5.62. The fourth-order valence-electron chi connectivity index (χ4n) is 8.10. The van der Waals surface area contributed by atoms with Crippen molar-refractivity contribution in [2.45, 2.75) is 134 Å². The SMILES string of the molecule is CCCCN(C)C(=O)CCCCCCCCCCSC1C(O)c2cc(O)ccc2[C@H]2CC[C@]3(C)C(O)CC[C@H]3[C@H]12. The van der Waals surface area contributed by atoms with E-state index in [4.69, 9.17) is 0 Å². The molecule has 2 saturated carbocycles. The average Bonchev–Trinajstić information content (AvgIpc) is 3.25. The largest absolute Gasteiger partial charge is 0.508 e. The molecule has 0 spiro atoms. The highest BCUT2D eigenvalue weighted by Crippen LogP contribution is 2.64. The Morgan fingerprint density at radius 2 is 1.68 bits per heavy atom. The molecular formula is C34H55NO4S. The molecule has 3 N–H and O–H groups in total. The second kappa shape index (κ2) is 14.8. The first kappa shape index (κ1) is 31.7. The smallest absolute Gasteiger partial charge is 0.222 e. The number of carbonyl (C=O) groups is 1. The lowest BCUT2D eigenvalue weighted by Gasteiger charge is -2.54. The van der Waals surface area contributed by atoms with Crippen LogP contribution in [0.2, 0.25) is 0 Å². The number of aliphatic hydroxyl groups is 2. The van der Waals surface area contributed by atoms with E-state index in [-0.39, 0.29) is 22.5 Å². The van der Waals surface area contributed by atoms with Crippen molar-refractivity contribution in [2.24, 2.45) is 17.3 Å². The Balaban J connectivity index is 1.19. The van der Waals surface area contributed by atoms with Crippen molar-refractivity contribution >= 4 is 17.7 Å². The lowest BCUT2D eigenvalue weighted by molar-refractivity contribution is -0.130. The number of aromatic hydroxyl groups is 1. The number of benzene rings is 1. The summed E-state index contributed by atoms with van der Waals surface area (Å²) in [5.74, 6) is 2.82. The number of rotatable bonds is 15. The van der Waals surface area contributed by atoms with Crippen LogP contribution in [0.1, 0.15) is 133 Å². The molecule has 3 unspecified atom stereocenters. The molecule has 226 valence electrons. The van der Waals surface area contributed by atoms with Crippen LogP contribution in [-0.4, -0.2) is 56.8 Å². The van der Waals surface area contributed by atoms with Crippen molar-refractivity contribution in [3.63, 3.8) is 0 Å². The molecule has 2 fully saturated rings. The number of aliphatic hydroxyl groups excluding tert-OH is 2. The monoisotopic (exact) mass is 573 g/mol. The zero-order valence-electron chi connectivity index (χ0n) is 25.3. The highest BCUT2D eigenvalue weighted by atomic mass is 32.2. The van der Waals surface area contributed by atoms with Gasteiger partial charge in [-0.15, -0.1) is 0 Å². The standard InChI is InChI=1S/C34H55NO4S/c1-4-5-21-35(3)30(38)14-12-10-8-6-7-9-11-13-22-40-33-31-26(19-20-34(2)28(31)17-18-29(34)37)25-16-15-24(36)23-27(25)32(33)39/h15-16,23,26,28-29,31-33,36-37,39H,4-14,17-22H2,1-3H3/t26-,28+,29?,31-,32?,33?,34+/m1/s1. The maximum atomic E-state index is 12.1. The minimum atomic E-state index is -0.563. The molecule has 0 aliphatic heterocycles. The van der Waals surface area contributed by atoms with Gasteiger partial charge in [-0.2, -0.15) is 11.8 Å². The van der Waals surface area contributed by atoms with Crippen LogP contribution in [0.5, 0.6) is 5.75 Å². The molecule has 0 bridgehead atoms. The number of carbonyl (C=O) groups excluding carboxylic acids is 1. The molecule has 0 aromatic heterocycles. The number of unbranched alkanes of at least 4 members (excludes halogenated alkanes) is 8. The van der Waals surface area contributed by atoms with Crippen molar-refractivity contribution in [1.82, 2.24) is 4.90 Å². The first-order chi connectivity index (χ1) is 19.3. The quantitative estimate of drug-likeness (QED) is 0.188. The summed E-state index contributed by atoms with van der Waals surface area (Å²) in [6.07, 6.45) is 15.7. The number of fused-ring (bicyclic) bond motifs is 5. The second-order valence-corrected chi connectivity index (χ2v) is 14.6. The summed E-state index contributed by atoms with van der Waals surface area (Å²) in [5.41, 5.74) is 2.12. The van der Waals surface area contributed by atoms with E-state index in [9.17, 15) is 20.1 Å². The summed E-state index contributed by atoms with van der Waals surface area (Å²) in [5, 5.41) is 32.8. The van der Waals surface area contributed by atoms with Gasteiger partial charge in [0.25, 0.3) is 0 Å². The normalized spacial score (nSPS) is 30.9. The lowest BCUT2D eigenvalue weighted by Crippen LogP contribution is -2.49. The Hall–Kier alpha value is -1.24. The zero-order chi connectivity index (χ0) is 28.7. The van der Waals surface area contributed by atoms with Crippen LogP contribution in [0.3, 0.4) is 0 Å². The first-order valence-electron chi connectivity index (χ1n) is 16.3. The zero-order valence-corrected chi connectivity index (χ0v) is 26.1. The van der Waals surface area contributed by atoms with Crippen molar-refractivity contribution in [2.75, 3.05) is 19.3 Å². The van der Waals surface area contributed by atoms with Gasteiger partial charge < -0.3 is 20.2 Å². The molecule has 0 radical (unpaired) electrons. The van der Waals surface area contributed by atoms with Gasteiger partial charge in [0.05, 0.1) is 12.2 Å². The third-order valence-electron chi connectivity index (χ3n) is 10.6. The molecule has 6 heteroatoms. The highest BCUT2D eigenvalue weighted by Gasteiger charge is 2.58. The number of nitrogens with zero attached hydrogens (tertiary/aromatic N) is 1. The summed E-state index contributed by atoms with van der Waals surface area (Å²) in [4.78, 5) is 14.0. The molecule has 1 aromatic carbocycles. The topological polar surface area (TPSA) is 81.0 Å². The Labute approximate surface area is 247 Å². The summed E-state index contributed by atoms with van der Waals surface area (Å²) < 4.78 is 0. The number of hydrogen-bond donors (Lipinski definition) is 3. The predicted octanol–water partition coefficient (Wildman–Crippen LogP) is 7.58. The molecule has 0 heterocycles. The van der Waals surface area contributed by atoms with Crippen molar-refractivity contribution in [1.29, 1.82) is 0 Å². The van der Waals surface area contributed by atoms with E-state index in [0.717, 1.165) is 69.2 Å². The van der Waals surface area contributed by atoms with E-state index in [1.807, 2.05) is 29.8 Å². The Morgan fingerprint density at radius 3 is 2.40 bits per heavy atom. The number of thioether (sulfide) groups is 1. The number of amides is 1. The molecule has 3 aliphatic rings. The van der Waals surface area contributed by atoms with Gasteiger partial charge in [-0.1, -0.05) is 64.9 Å². The van der Waals surface area contributed by atoms with E-state index in [1.165, 1.54) is 44.1 Å². The number of hydrogen-bond acceptors (Lipinski definition) is 5. The molecule has 5 nitrogen and oxygen atoms in total. The van der Waals surface area contributed by atoms with Crippen LogP contribution in [0.25, 0.3) is 0 Å². The van der Waals surface area contributed by atoms with Crippen molar-refractivity contribution in [3.8, 4) is 5.75 Å². The fraction of sp³-hybridized carbons (Fsp3) is 0.794. The van der Waals surface area contributed by atoms with Crippen molar-refractivity contribution in [3.05, 3.63) is 29.3 Å². The van der Waals surface area contributed by atoms with E-state index >= 15 is 0 Å². The van der Waals surface area contributed by atoms with E-state index in [0.29, 0.717) is 30.1 Å². The van der Waals surface area contributed by atoms with E-state index < -0.39 is 6.10 Å². The van der Waals surface area contributed by atoms with Crippen LogP contribution in [-0.2, 0) is 4.79 Å². The van der Waals surface area contributed by atoms with Gasteiger partial charge in [-0.3, -0.25) is 4.79 Å². The Kier molecular flexibility index (Phi) is 11.7. The average molecular weight is 574 g/mol. The molecule has 3 aliphatic carbocycles. The van der Waals surface area contributed by atoms with Gasteiger partial charge in [-0.05, 0) is 97.1 Å². The van der Waals surface area contributed by atoms with Crippen LogP contribution >= 0.6 is 11.8 Å². The second-order valence-electron chi connectivity index (χ2n) is 13.3. The van der Waals surface area contributed by atoms with Gasteiger partial charge in [-0.25, -0.2) is 0 Å². The first-order valence-corrected chi connectivity index (χ1v) is 17.4. The minimum absolute atomic E-state index is 0.0353. The molecule has 0 saturated heterocycles. The van der Waals surface area contributed by atoms with Gasteiger partial charge in [0, 0.05) is 25.3 Å². The van der Waals surface area contributed by atoms with Gasteiger partial charge in [0.2, 0.25) is 5.91 Å². The van der Waals surface area contributed by atoms with Crippen LogP contribution in [0, 0.1) is 17.3 Å². The van der Waals surface area contributed by atoms with Gasteiger partial charge >= 0.3 is 0 Å². The molecule has 7 atom stereocenters. The molecular weight excluding hydrogens is 518 g/mol. The minimum Gasteiger partial charge on any atom is -0.508 e. The van der Waals surface area contributed by atoms with Crippen LogP contribution in [0.4, 0.5) is 0 Å². The number of phenols is 1. The highest BCUT2D eigenvalue weighted by molar-refractivity contribution is 7.99. The van der Waals surface area contributed by atoms with Crippen LogP contribution in [0.15, 0.2) is 18.2 Å². The maximum absolute atomic E-state index is 12.1. The van der Waals surface area contributed by atoms with Crippen molar-refractivity contribution < 1.29 is 20.1 Å². The third-order valence-corrected chi connectivity index (χ3v) is 12.1. The number of phenolic OH excluding ortho intramolecular Hbond substituents is 1. The summed E-state index contributed by atoms with van der Waals surface area (Å²) in [6.45, 7) is 5.33. The molecule has 40 heavy (non-hydrogen) atoms. The summed E-state index contributed by atoms with van der Waals surface area (Å²) >= 11 is 1.94. The molecule has 1 aromatic rings. The third kappa shape index (κ3) is 7.21. The van der Waals surface area contributed by atoms with Gasteiger partial charge in [0.15, 0.2) is 0 Å². The summed E-state index contributed by atoms with van der Waals surface area (Å²) in [7, 11) is 1.93. The van der Waals surface area contributed by atoms with Gasteiger partial charge in [0.1, 0.15) is 5.75 Å². The van der Waals surface area contributed by atoms with E-state index in [1.54, 1.807) is 12.1 Å². The van der Waals surface area contributed by atoms with Crippen LogP contribution < -0.4 is 0 Å². The predicted molar refractivity (Wildman–Crippen MR) is 166 cm³/mol. The Morgan fingerprint density at radius 1 is 0.975 bits per heavy atom. The fourth-order valence-corrected chi connectivity index (χ4v) is 9.68. The maximum Gasteiger partial charge on any atom is 0.222 e. The lowest BCUT2D eigenvalue weighted by atomic mass is 9.55. The molecule has 4 rings (SSSR count). The Bertz CT molecular complexity index is 956. The molecule has 1 amide bonds. The van der Waals surface area contributed by atoms with E-state index in [2.05, 4.69) is 13.8 Å².